The number of ether oxygens (including phenoxy) is 5. The molecule has 1 aliphatic carbocycles. The molecule has 7 amide bonds. The van der Waals surface area contributed by atoms with E-state index in [1.807, 2.05) is 48.5 Å². The van der Waals surface area contributed by atoms with Gasteiger partial charge in [-0.05, 0) is 61.8 Å². The molecule has 0 saturated carbocycles. The molecule has 0 aromatic heterocycles. The lowest BCUT2D eigenvalue weighted by Gasteiger charge is -2.22. The number of amides is 7. The highest BCUT2D eigenvalue weighted by molar-refractivity contribution is 5.96. The molecule has 6 unspecified atom stereocenters. The normalized spacial score (nSPS) is 13.2. The second kappa shape index (κ2) is 36.4. The maximum atomic E-state index is 13.0. The number of carbonyl (C=O) groups excluding carboxylic acids is 13. The van der Waals surface area contributed by atoms with E-state index < -0.39 is 121 Å². The van der Waals surface area contributed by atoms with E-state index in [2.05, 4.69) is 59.8 Å². The van der Waals surface area contributed by atoms with Crippen LogP contribution in [0, 0.1) is 0 Å². The summed E-state index contributed by atoms with van der Waals surface area (Å²) in [6.07, 6.45) is 1.28. The maximum Gasteiger partial charge on any atom is 0.407 e. The molecule has 0 radical (unpaired) electrons. The van der Waals surface area contributed by atoms with Gasteiger partial charge in [0.05, 0.1) is 46.2 Å². The molecular weight excluding hydrogens is 1060 g/mol. The molecule has 442 valence electrons. The zero-order chi connectivity index (χ0) is 60.6. The van der Waals surface area contributed by atoms with Gasteiger partial charge in [0, 0.05) is 18.8 Å². The van der Waals surface area contributed by atoms with Gasteiger partial charge in [0.2, 0.25) is 35.4 Å². The predicted molar refractivity (Wildman–Crippen MR) is 290 cm³/mol. The summed E-state index contributed by atoms with van der Waals surface area (Å²) in [6.45, 7) is 11.6. The number of fused-ring (bicyclic) bond motifs is 3. The number of hydrogen-bond donors (Lipinski definition) is 8. The number of ketones is 2. The summed E-state index contributed by atoms with van der Waals surface area (Å²) in [5.74, 6) is -7.96. The van der Waals surface area contributed by atoms with Crippen molar-refractivity contribution in [2.75, 3.05) is 47.1 Å². The van der Waals surface area contributed by atoms with E-state index in [9.17, 15) is 62.3 Å². The van der Waals surface area contributed by atoms with E-state index in [4.69, 9.17) is 19.9 Å². The molecule has 26 heteroatoms. The number of rotatable bonds is 33. The Kier molecular flexibility index (Phi) is 30.7. The van der Waals surface area contributed by atoms with E-state index in [1.165, 1.54) is 26.0 Å². The van der Waals surface area contributed by atoms with Crippen LogP contribution in [-0.2, 0) is 81.2 Å². The van der Waals surface area contributed by atoms with Crippen LogP contribution >= 0.6 is 0 Å². The van der Waals surface area contributed by atoms with Gasteiger partial charge in [-0.2, -0.15) is 0 Å². The van der Waals surface area contributed by atoms with Crippen molar-refractivity contribution in [1.82, 2.24) is 37.2 Å². The molecule has 81 heavy (non-hydrogen) atoms. The van der Waals surface area contributed by atoms with E-state index in [-0.39, 0.29) is 82.3 Å². The topological polar surface area (TPSA) is 378 Å². The second-order valence-electron chi connectivity index (χ2n) is 18.1. The molecule has 3 rings (SSSR count). The average Bonchev–Trinajstić information content (AvgIpc) is 3.77. The van der Waals surface area contributed by atoms with Gasteiger partial charge in [0.1, 0.15) is 61.6 Å². The predicted octanol–water partition coefficient (Wildman–Crippen LogP) is 0.522. The van der Waals surface area contributed by atoms with Gasteiger partial charge in [-0.25, -0.2) is 14.4 Å². The lowest BCUT2D eigenvalue weighted by Crippen LogP contribution is -2.54. The highest BCUT2D eigenvalue weighted by Crippen LogP contribution is 2.44. The SMILES string of the molecule is C=CCOC(=O)C(CCC(C)=O)NC(=O)C(CC)NC(=O)CNC(=O)C(CC(=O)OC)NC(=O)OCC1c2ccccc2-c2ccccc21.C=CCOC(=O)C(CCC(C)=O)NC(=O)C(CC)NC(=O)CNC(=O)C(N)CC(=O)OC. The van der Waals surface area contributed by atoms with Crippen molar-refractivity contribution in [2.24, 2.45) is 5.73 Å². The number of Topliss-reactive ketones (excluding diaryl/α,β-unsaturated/α-hetero) is 2. The zero-order valence-corrected chi connectivity index (χ0v) is 46.3. The number of carbonyl (C=O) groups is 13. The molecule has 2 aromatic carbocycles. The minimum absolute atomic E-state index is 0.00422. The Bertz CT molecular complexity index is 2540. The van der Waals surface area contributed by atoms with Crippen molar-refractivity contribution in [2.45, 2.75) is 121 Å². The fourth-order valence-electron chi connectivity index (χ4n) is 7.60. The van der Waals surface area contributed by atoms with Crippen molar-refractivity contribution < 1.29 is 86.0 Å². The van der Waals surface area contributed by atoms with E-state index >= 15 is 0 Å². The Hall–Kier alpha value is -8.81. The Labute approximate surface area is 469 Å². The van der Waals surface area contributed by atoms with Crippen molar-refractivity contribution >= 4 is 77.0 Å². The van der Waals surface area contributed by atoms with E-state index in [0.29, 0.717) is 0 Å². The van der Waals surface area contributed by atoms with Crippen LogP contribution in [0.5, 0.6) is 0 Å². The molecule has 0 heterocycles. The van der Waals surface area contributed by atoms with Crippen LogP contribution in [0.3, 0.4) is 0 Å². The lowest BCUT2D eigenvalue weighted by atomic mass is 9.98. The maximum absolute atomic E-state index is 13.0. The Morgan fingerprint density at radius 1 is 0.543 bits per heavy atom. The Morgan fingerprint density at radius 3 is 1.37 bits per heavy atom. The quantitative estimate of drug-likeness (QED) is 0.0274. The van der Waals surface area contributed by atoms with Gasteiger partial charge in [0.25, 0.3) is 0 Å². The van der Waals surface area contributed by atoms with Crippen LogP contribution in [0.2, 0.25) is 0 Å². The highest BCUT2D eigenvalue weighted by atomic mass is 16.6. The number of hydrogen-bond acceptors (Lipinski definition) is 19. The third-order valence-corrected chi connectivity index (χ3v) is 11.9. The molecule has 0 saturated heterocycles. The first kappa shape index (κ1) is 68.3. The Balaban J connectivity index is 0.000000609. The van der Waals surface area contributed by atoms with Gasteiger partial charge in [-0.3, -0.25) is 38.4 Å². The molecule has 26 nitrogen and oxygen atoms in total. The van der Waals surface area contributed by atoms with E-state index in [0.717, 1.165) is 36.5 Å². The lowest BCUT2D eigenvalue weighted by molar-refractivity contribution is -0.147. The van der Waals surface area contributed by atoms with Crippen molar-refractivity contribution in [3.8, 4) is 11.1 Å². The second-order valence-corrected chi connectivity index (χ2v) is 18.1. The smallest absolute Gasteiger partial charge is 0.407 e. The minimum Gasteiger partial charge on any atom is -0.469 e. The fourth-order valence-corrected chi connectivity index (χ4v) is 7.60. The van der Waals surface area contributed by atoms with E-state index in [1.54, 1.807) is 13.8 Å². The fraction of sp³-hybridized carbons (Fsp3) is 0.473. The van der Waals surface area contributed by atoms with Crippen LogP contribution < -0.4 is 43.0 Å². The molecular formula is C55H74N8O18. The van der Waals surface area contributed by atoms with Crippen LogP contribution in [0.1, 0.15) is 96.1 Å². The third-order valence-electron chi connectivity index (χ3n) is 11.9. The third kappa shape index (κ3) is 24.4. The molecule has 6 atom stereocenters. The van der Waals surface area contributed by atoms with Crippen molar-refractivity contribution in [3.63, 3.8) is 0 Å². The summed E-state index contributed by atoms with van der Waals surface area (Å²) < 4.78 is 24.5. The number of alkyl carbamates (subject to hydrolysis) is 1. The Morgan fingerprint density at radius 2 is 0.963 bits per heavy atom. The number of nitrogens with one attached hydrogen (secondary N) is 7. The molecule has 0 aliphatic heterocycles. The van der Waals surface area contributed by atoms with Crippen molar-refractivity contribution in [1.29, 1.82) is 0 Å². The molecule has 0 spiro atoms. The number of esters is 4. The summed E-state index contributed by atoms with van der Waals surface area (Å²) in [5, 5.41) is 16.8. The van der Waals surface area contributed by atoms with Gasteiger partial charge < -0.3 is 76.2 Å². The summed E-state index contributed by atoms with van der Waals surface area (Å²) in [5.41, 5.74) is 9.60. The van der Waals surface area contributed by atoms with Gasteiger partial charge >= 0.3 is 30.0 Å². The van der Waals surface area contributed by atoms with Crippen LogP contribution in [0.25, 0.3) is 11.1 Å². The van der Waals surface area contributed by atoms with Crippen molar-refractivity contribution in [3.05, 3.63) is 85.0 Å². The first-order chi connectivity index (χ1) is 38.5. The van der Waals surface area contributed by atoms with Crippen LogP contribution in [-0.4, -0.2) is 160 Å². The number of methoxy groups -OCH3 is 2. The number of benzene rings is 2. The van der Waals surface area contributed by atoms with Crippen LogP contribution in [0.15, 0.2) is 73.8 Å². The molecule has 9 N–H and O–H groups in total. The van der Waals surface area contributed by atoms with Gasteiger partial charge in [-0.1, -0.05) is 87.7 Å². The minimum atomic E-state index is -1.44. The molecule has 0 bridgehead atoms. The first-order valence-electron chi connectivity index (χ1n) is 25.8. The summed E-state index contributed by atoms with van der Waals surface area (Å²) >= 11 is 0. The molecule has 1 aliphatic rings. The summed E-state index contributed by atoms with van der Waals surface area (Å²) in [4.78, 5) is 158. The largest absolute Gasteiger partial charge is 0.469 e. The first-order valence-corrected chi connectivity index (χ1v) is 25.8. The molecule has 2 aromatic rings. The monoisotopic (exact) mass is 1130 g/mol. The number of nitrogens with two attached hydrogens (primary N) is 1. The standard InChI is InChI=1S/C35H42N4O10.C20H32N4O8/c1-5-17-48-34(45)28(16-15-21(3)40)38-33(44)27(6-2)37-30(41)19-36-32(43)29(18-31(42)47-4)39-35(46)49-20-26-24-13-9-7-11-22(24)23-12-8-10-14-25(23)26;1-5-9-32-20(30)15(8-7-12(3)25)24-19(29)14(6-2)23-16(26)11-22-18(28)13(21)10-17(27)31-4/h5,7-14,26-29H,1,6,15-20H2,2-4H3,(H,36,43)(H,37,41)(H,38,44)(H,39,46);5,13-15H,1,6-11,21H2,2-4H3,(H,22,28)(H,23,26)(H,24,29). The van der Waals surface area contributed by atoms with Gasteiger partial charge in [0.15, 0.2) is 0 Å². The highest BCUT2D eigenvalue weighted by Gasteiger charge is 2.33. The zero-order valence-electron chi connectivity index (χ0n) is 46.3. The van der Waals surface area contributed by atoms with Gasteiger partial charge in [-0.15, -0.1) is 0 Å². The average molecular weight is 1140 g/mol. The summed E-state index contributed by atoms with van der Waals surface area (Å²) in [7, 11) is 2.28. The van der Waals surface area contributed by atoms with Crippen LogP contribution in [0.4, 0.5) is 4.79 Å². The summed E-state index contributed by atoms with van der Waals surface area (Å²) in [6, 6.07) is 8.61. The molecule has 0 fully saturated rings.